The molecule has 0 radical (unpaired) electrons. The molecular weight excluding hydrogens is 294 g/mol. The maximum Gasteiger partial charge on any atom is 0.268 e. The molecule has 1 aromatic heterocycles. The largest absolute Gasteiger partial charge is 0.392 e. The van der Waals surface area contributed by atoms with Crippen LogP contribution in [0.15, 0.2) is 17.2 Å². The van der Waals surface area contributed by atoms with Crippen molar-refractivity contribution in [3.63, 3.8) is 0 Å². The van der Waals surface area contributed by atoms with E-state index in [0.717, 1.165) is 12.8 Å². The second-order valence-electron chi connectivity index (χ2n) is 5.34. The van der Waals surface area contributed by atoms with Crippen LogP contribution in [0.25, 0.3) is 0 Å². The minimum Gasteiger partial charge on any atom is -0.392 e. The van der Waals surface area contributed by atoms with Gasteiger partial charge >= 0.3 is 0 Å². The van der Waals surface area contributed by atoms with Gasteiger partial charge in [-0.25, -0.2) is 8.42 Å². The lowest BCUT2D eigenvalue weighted by Gasteiger charge is -2.13. The lowest BCUT2D eigenvalue weighted by molar-refractivity contribution is 0.0916. The summed E-state index contributed by atoms with van der Waals surface area (Å²) in [5.41, 5.74) is 0.258. The fraction of sp³-hybridized carbons (Fsp3) is 0.615. The highest BCUT2D eigenvalue weighted by atomic mass is 32.2. The first kappa shape index (κ1) is 16.0. The third kappa shape index (κ3) is 3.45. The molecule has 1 aliphatic rings. The number of carbonyl (C=O) groups is 1. The van der Waals surface area contributed by atoms with E-state index in [2.05, 4.69) is 5.32 Å². The SMILES string of the molecule is C[C@@H](O)CNC(=O)c1cc(S(=O)(=O)N2CCCC2)cn1C. The van der Waals surface area contributed by atoms with Crippen molar-refractivity contribution in [2.24, 2.45) is 7.05 Å². The van der Waals surface area contributed by atoms with E-state index in [4.69, 9.17) is 0 Å². The van der Waals surface area contributed by atoms with Gasteiger partial charge in [-0.2, -0.15) is 4.31 Å². The van der Waals surface area contributed by atoms with Crippen LogP contribution in [0.3, 0.4) is 0 Å². The summed E-state index contributed by atoms with van der Waals surface area (Å²) in [6.45, 7) is 2.74. The van der Waals surface area contributed by atoms with Crippen LogP contribution >= 0.6 is 0 Å². The first-order chi connectivity index (χ1) is 9.82. The van der Waals surface area contributed by atoms with E-state index in [0.29, 0.717) is 13.1 Å². The predicted octanol–water partition coefficient (Wildman–Crippen LogP) is -0.0798. The van der Waals surface area contributed by atoms with E-state index in [9.17, 15) is 18.3 Å². The Kier molecular flexibility index (Phi) is 4.70. The van der Waals surface area contributed by atoms with E-state index < -0.39 is 22.0 Å². The molecule has 0 saturated carbocycles. The molecule has 2 N–H and O–H groups in total. The van der Waals surface area contributed by atoms with E-state index in [-0.39, 0.29) is 17.1 Å². The fourth-order valence-corrected chi connectivity index (χ4v) is 3.90. The third-order valence-corrected chi connectivity index (χ3v) is 5.34. The molecule has 1 fully saturated rings. The third-order valence-electron chi connectivity index (χ3n) is 3.47. The van der Waals surface area contributed by atoms with Gasteiger partial charge in [0.15, 0.2) is 0 Å². The Morgan fingerprint density at radius 3 is 2.62 bits per heavy atom. The normalized spacial score (nSPS) is 17.9. The molecule has 0 aliphatic carbocycles. The van der Waals surface area contributed by atoms with Gasteiger partial charge in [0.2, 0.25) is 10.0 Å². The van der Waals surface area contributed by atoms with Gasteiger partial charge in [0.1, 0.15) is 10.6 Å². The number of hydrogen-bond donors (Lipinski definition) is 2. The molecule has 118 valence electrons. The molecule has 0 bridgehead atoms. The van der Waals surface area contributed by atoms with Gasteiger partial charge in [0.05, 0.1) is 6.10 Å². The molecule has 1 aliphatic heterocycles. The van der Waals surface area contributed by atoms with Gasteiger partial charge in [-0.1, -0.05) is 0 Å². The number of amides is 1. The van der Waals surface area contributed by atoms with Crippen LogP contribution in [0.2, 0.25) is 0 Å². The average molecular weight is 315 g/mol. The molecule has 1 aromatic rings. The molecule has 2 rings (SSSR count). The number of aliphatic hydroxyl groups is 1. The lowest BCUT2D eigenvalue weighted by Crippen LogP contribution is -2.31. The summed E-state index contributed by atoms with van der Waals surface area (Å²) in [4.78, 5) is 12.1. The van der Waals surface area contributed by atoms with Crippen LogP contribution in [-0.4, -0.2) is 54.0 Å². The molecule has 0 aromatic carbocycles. The van der Waals surface area contributed by atoms with E-state index >= 15 is 0 Å². The van der Waals surface area contributed by atoms with E-state index in [1.165, 1.54) is 21.1 Å². The summed E-state index contributed by atoms with van der Waals surface area (Å²) in [6.07, 6.45) is 2.54. The number of carbonyl (C=O) groups excluding carboxylic acids is 1. The highest BCUT2D eigenvalue weighted by Gasteiger charge is 2.29. The van der Waals surface area contributed by atoms with Crippen molar-refractivity contribution in [2.45, 2.75) is 30.8 Å². The summed E-state index contributed by atoms with van der Waals surface area (Å²) < 4.78 is 27.8. The zero-order valence-electron chi connectivity index (χ0n) is 12.2. The minimum absolute atomic E-state index is 0.123. The number of hydrogen-bond acceptors (Lipinski definition) is 4. The van der Waals surface area contributed by atoms with Crippen LogP contribution in [0.5, 0.6) is 0 Å². The second kappa shape index (κ2) is 6.17. The maximum atomic E-state index is 12.4. The van der Waals surface area contributed by atoms with Crippen molar-refractivity contribution in [1.82, 2.24) is 14.2 Å². The molecule has 7 nitrogen and oxygen atoms in total. The number of aliphatic hydroxyl groups excluding tert-OH is 1. The van der Waals surface area contributed by atoms with Crippen LogP contribution in [0.4, 0.5) is 0 Å². The standard InChI is InChI=1S/C13H21N3O4S/c1-10(17)8-14-13(18)12-7-11(9-15(12)2)21(19,20)16-5-3-4-6-16/h7,9-10,17H,3-6,8H2,1-2H3,(H,14,18)/t10-/m1/s1. The Bertz CT molecular complexity index is 615. The van der Waals surface area contributed by atoms with Gasteiger partial charge in [-0.15, -0.1) is 0 Å². The molecule has 1 amide bonds. The van der Waals surface area contributed by atoms with Gasteiger partial charge in [-0.3, -0.25) is 4.79 Å². The average Bonchev–Trinajstić information content (AvgIpc) is 3.05. The summed E-state index contributed by atoms with van der Waals surface area (Å²) in [7, 11) is -1.90. The highest BCUT2D eigenvalue weighted by Crippen LogP contribution is 2.22. The van der Waals surface area contributed by atoms with Crippen molar-refractivity contribution < 1.29 is 18.3 Å². The van der Waals surface area contributed by atoms with Crippen LogP contribution in [0.1, 0.15) is 30.3 Å². The Morgan fingerprint density at radius 2 is 2.05 bits per heavy atom. The molecule has 0 unspecified atom stereocenters. The zero-order valence-corrected chi connectivity index (χ0v) is 13.1. The quantitative estimate of drug-likeness (QED) is 0.795. The summed E-state index contributed by atoms with van der Waals surface area (Å²) in [5.74, 6) is -0.402. The van der Waals surface area contributed by atoms with E-state index in [1.54, 1.807) is 14.0 Å². The predicted molar refractivity (Wildman–Crippen MR) is 77.4 cm³/mol. The van der Waals surface area contributed by atoms with Crippen LogP contribution < -0.4 is 5.32 Å². The first-order valence-corrected chi connectivity index (χ1v) is 8.39. The smallest absolute Gasteiger partial charge is 0.268 e. The Balaban J connectivity index is 2.20. The Hall–Kier alpha value is -1.38. The van der Waals surface area contributed by atoms with Gasteiger partial charge in [-0.05, 0) is 25.8 Å². The summed E-state index contributed by atoms with van der Waals surface area (Å²) >= 11 is 0. The lowest BCUT2D eigenvalue weighted by atomic mass is 10.3. The number of nitrogens with one attached hydrogen (secondary N) is 1. The summed E-state index contributed by atoms with van der Waals surface area (Å²) in [6, 6.07) is 1.38. The Morgan fingerprint density at radius 1 is 1.43 bits per heavy atom. The molecule has 1 saturated heterocycles. The van der Waals surface area contributed by atoms with Gasteiger partial charge in [0, 0.05) is 32.9 Å². The van der Waals surface area contributed by atoms with Gasteiger partial charge < -0.3 is 15.0 Å². The second-order valence-corrected chi connectivity index (χ2v) is 7.28. The highest BCUT2D eigenvalue weighted by molar-refractivity contribution is 7.89. The Labute approximate surface area is 124 Å². The molecule has 21 heavy (non-hydrogen) atoms. The van der Waals surface area contributed by atoms with Crippen LogP contribution in [-0.2, 0) is 17.1 Å². The summed E-state index contributed by atoms with van der Waals surface area (Å²) in [5, 5.41) is 11.7. The van der Waals surface area contributed by atoms with Crippen molar-refractivity contribution in [3.8, 4) is 0 Å². The fourth-order valence-electron chi connectivity index (χ4n) is 2.31. The number of sulfonamides is 1. The van der Waals surface area contributed by atoms with Crippen molar-refractivity contribution in [2.75, 3.05) is 19.6 Å². The molecule has 2 heterocycles. The molecular formula is C13H21N3O4S. The monoisotopic (exact) mass is 315 g/mol. The minimum atomic E-state index is -3.52. The number of aryl methyl sites for hydroxylation is 1. The van der Waals surface area contributed by atoms with Gasteiger partial charge in [0.25, 0.3) is 5.91 Å². The van der Waals surface area contributed by atoms with Crippen LogP contribution in [0, 0.1) is 0 Å². The molecule has 0 spiro atoms. The zero-order chi connectivity index (χ0) is 15.6. The molecule has 8 heteroatoms. The first-order valence-electron chi connectivity index (χ1n) is 6.95. The van der Waals surface area contributed by atoms with Crippen molar-refractivity contribution in [1.29, 1.82) is 0 Å². The van der Waals surface area contributed by atoms with E-state index in [1.807, 2.05) is 0 Å². The topological polar surface area (TPSA) is 91.6 Å². The van der Waals surface area contributed by atoms with Crippen molar-refractivity contribution in [3.05, 3.63) is 18.0 Å². The number of rotatable bonds is 5. The van der Waals surface area contributed by atoms with Crippen molar-refractivity contribution >= 4 is 15.9 Å². The number of nitrogens with zero attached hydrogens (tertiary/aromatic N) is 2. The maximum absolute atomic E-state index is 12.4. The molecule has 1 atom stereocenters. The number of aromatic nitrogens is 1.